The molecule has 1 unspecified atom stereocenters. The lowest BCUT2D eigenvalue weighted by Gasteiger charge is -2.33. The largest absolute Gasteiger partial charge is 0.489 e. The number of hydrogen-bond acceptors (Lipinski definition) is 6. The highest BCUT2D eigenvalue weighted by atomic mass is 19.1. The molecule has 0 aliphatic carbocycles. The molecule has 1 heterocycles. The van der Waals surface area contributed by atoms with Crippen LogP contribution in [-0.4, -0.2) is 72.0 Å². The minimum absolute atomic E-state index is 0.00361. The van der Waals surface area contributed by atoms with Gasteiger partial charge < -0.3 is 20.3 Å². The van der Waals surface area contributed by atoms with Crippen LogP contribution in [0.3, 0.4) is 0 Å². The smallest absolute Gasteiger partial charge is 0.259 e. The number of halogens is 1. The van der Waals surface area contributed by atoms with Crippen molar-refractivity contribution in [1.29, 1.82) is 0 Å². The first kappa shape index (κ1) is 32.0. The van der Waals surface area contributed by atoms with E-state index >= 15 is 0 Å². The third-order valence-electron chi connectivity index (χ3n) is 7.81. The number of ether oxygens (including phenoxy) is 1. The number of carbonyl (C=O) groups is 3. The maximum absolute atomic E-state index is 13.6. The van der Waals surface area contributed by atoms with Crippen molar-refractivity contribution in [3.05, 3.63) is 65.5 Å². The van der Waals surface area contributed by atoms with Gasteiger partial charge in [-0.15, -0.1) is 0 Å². The Balaban J connectivity index is 1.93. The van der Waals surface area contributed by atoms with Crippen LogP contribution in [0, 0.1) is 11.7 Å². The zero-order chi connectivity index (χ0) is 30.1. The van der Waals surface area contributed by atoms with Gasteiger partial charge in [-0.05, 0) is 61.9 Å². The number of carbonyl (C=O) groups excluding carboxylic acids is 3. The number of nitrogens with one attached hydrogen (secondary N) is 2. The molecule has 5 atom stereocenters. The first-order chi connectivity index (χ1) is 19.5. The summed E-state index contributed by atoms with van der Waals surface area (Å²) in [5, 5.41) is 7.30. The van der Waals surface area contributed by atoms with E-state index in [0.29, 0.717) is 24.9 Å². The first-order valence-electron chi connectivity index (χ1n) is 14.4. The number of hydrogen-bond donors (Lipinski definition) is 3. The summed E-state index contributed by atoms with van der Waals surface area (Å²) in [6.45, 7) is 8.28. The Labute approximate surface area is 242 Å². The van der Waals surface area contributed by atoms with Gasteiger partial charge in [-0.3, -0.25) is 19.4 Å². The predicted octanol–water partition coefficient (Wildman–Crippen LogP) is 2.82. The Morgan fingerprint density at radius 1 is 1.07 bits per heavy atom. The topological polar surface area (TPSA) is 117 Å². The van der Waals surface area contributed by atoms with Gasteiger partial charge >= 0.3 is 0 Å². The third-order valence-corrected chi connectivity index (χ3v) is 7.81. The van der Waals surface area contributed by atoms with Gasteiger partial charge in [0, 0.05) is 26.6 Å². The van der Waals surface area contributed by atoms with Crippen LogP contribution in [0.4, 0.5) is 4.39 Å². The standard InChI is InChI=1S/C31H44FN5O4/c1-6-20(2)28-31(40)36(5)22(4)29(38)35-26(18-23-13-15-25(32)16-14-23)30(39)37(33)17-9-11-24-10-7-8-12-27(24)41-21(3)19-34-28/h7-8,10,12-16,20-22,26,28,34H,6,9,11,17-19,33H2,1-5H3,(H,35,38)/t20?,21-,22-,26-,28+/m1/s1. The van der Waals surface area contributed by atoms with Crippen molar-refractivity contribution in [2.24, 2.45) is 11.8 Å². The lowest BCUT2D eigenvalue weighted by Crippen LogP contribution is -2.58. The molecule has 41 heavy (non-hydrogen) atoms. The maximum atomic E-state index is 13.6. The summed E-state index contributed by atoms with van der Waals surface area (Å²) in [4.78, 5) is 41.9. The molecule has 0 aromatic heterocycles. The summed E-state index contributed by atoms with van der Waals surface area (Å²) >= 11 is 0. The number of likely N-dealkylation sites (N-methyl/N-ethyl adjacent to an activating group) is 1. The molecule has 9 nitrogen and oxygen atoms in total. The molecule has 1 aliphatic rings. The Bertz CT molecular complexity index is 1180. The number of aryl methyl sites for hydroxylation is 1. The zero-order valence-electron chi connectivity index (χ0n) is 24.7. The van der Waals surface area contributed by atoms with Gasteiger partial charge in [0.15, 0.2) is 0 Å². The second-order valence-corrected chi connectivity index (χ2v) is 11.0. The summed E-state index contributed by atoms with van der Waals surface area (Å²) in [6.07, 6.45) is 1.86. The van der Waals surface area contributed by atoms with Crippen molar-refractivity contribution in [1.82, 2.24) is 20.5 Å². The second kappa shape index (κ2) is 14.9. The summed E-state index contributed by atoms with van der Waals surface area (Å²) in [7, 11) is 1.59. The van der Waals surface area contributed by atoms with E-state index in [1.807, 2.05) is 45.0 Å². The van der Waals surface area contributed by atoms with E-state index in [9.17, 15) is 18.8 Å². The molecule has 0 spiro atoms. The van der Waals surface area contributed by atoms with E-state index in [-0.39, 0.29) is 30.9 Å². The van der Waals surface area contributed by atoms with Gasteiger partial charge in [0.2, 0.25) is 11.8 Å². The molecule has 0 radical (unpaired) electrons. The fourth-order valence-corrected chi connectivity index (χ4v) is 4.83. The van der Waals surface area contributed by atoms with Crippen LogP contribution < -0.4 is 21.2 Å². The quantitative estimate of drug-likeness (QED) is 0.385. The Morgan fingerprint density at radius 2 is 1.76 bits per heavy atom. The second-order valence-electron chi connectivity index (χ2n) is 11.0. The highest BCUT2D eigenvalue weighted by Gasteiger charge is 2.33. The van der Waals surface area contributed by atoms with E-state index in [1.165, 1.54) is 17.0 Å². The Kier molecular flexibility index (Phi) is 11.7. The SMILES string of the molecule is CCC(C)[C@@H]1NC[C@@H](C)Oc2ccccc2CCCN(N)C(=O)[C@@H](Cc2ccc(F)cc2)NC(=O)[C@@H](C)N(C)C1=O. The van der Waals surface area contributed by atoms with Gasteiger partial charge in [0.25, 0.3) is 5.91 Å². The van der Waals surface area contributed by atoms with Crippen LogP contribution in [0.1, 0.15) is 51.7 Å². The molecular formula is C31H44FN5O4. The minimum Gasteiger partial charge on any atom is -0.489 e. The monoisotopic (exact) mass is 569 g/mol. The lowest BCUT2D eigenvalue weighted by molar-refractivity contribution is -0.142. The van der Waals surface area contributed by atoms with Gasteiger partial charge in [-0.1, -0.05) is 50.6 Å². The molecule has 0 saturated heterocycles. The molecule has 3 amide bonds. The number of fused-ring (bicyclic) bond motifs is 1. The van der Waals surface area contributed by atoms with Crippen molar-refractivity contribution in [2.75, 3.05) is 20.1 Å². The molecule has 2 aromatic rings. The number of nitrogens with zero attached hydrogens (tertiary/aromatic N) is 2. The van der Waals surface area contributed by atoms with Crippen molar-refractivity contribution in [2.45, 2.75) is 77.6 Å². The highest BCUT2D eigenvalue weighted by molar-refractivity contribution is 5.93. The summed E-state index contributed by atoms with van der Waals surface area (Å²) in [6, 6.07) is 11.1. The van der Waals surface area contributed by atoms with Crippen molar-refractivity contribution < 1.29 is 23.5 Å². The van der Waals surface area contributed by atoms with Crippen LogP contribution in [0.5, 0.6) is 5.75 Å². The number of para-hydroxylation sites is 1. The zero-order valence-corrected chi connectivity index (χ0v) is 24.7. The number of amides is 3. The highest BCUT2D eigenvalue weighted by Crippen LogP contribution is 2.22. The molecule has 224 valence electrons. The van der Waals surface area contributed by atoms with Crippen LogP contribution in [0.25, 0.3) is 0 Å². The third kappa shape index (κ3) is 8.74. The molecular weight excluding hydrogens is 525 g/mol. The van der Waals surface area contributed by atoms with Gasteiger partial charge in [0.05, 0.1) is 6.04 Å². The number of hydrazine groups is 1. The van der Waals surface area contributed by atoms with Crippen LogP contribution in [0.2, 0.25) is 0 Å². The fraction of sp³-hybridized carbons (Fsp3) is 0.516. The average molecular weight is 570 g/mol. The molecule has 10 heteroatoms. The van der Waals surface area contributed by atoms with E-state index in [1.54, 1.807) is 26.1 Å². The van der Waals surface area contributed by atoms with Crippen LogP contribution >= 0.6 is 0 Å². The van der Waals surface area contributed by atoms with Crippen molar-refractivity contribution in [3.63, 3.8) is 0 Å². The van der Waals surface area contributed by atoms with E-state index in [2.05, 4.69) is 10.6 Å². The Hall–Kier alpha value is -3.50. The summed E-state index contributed by atoms with van der Waals surface area (Å²) in [5.74, 6) is 5.38. The average Bonchev–Trinajstić information content (AvgIpc) is 2.96. The first-order valence-corrected chi connectivity index (χ1v) is 14.4. The summed E-state index contributed by atoms with van der Waals surface area (Å²) < 4.78 is 19.8. The molecule has 0 saturated carbocycles. The molecule has 0 fully saturated rings. The van der Waals surface area contributed by atoms with E-state index in [4.69, 9.17) is 10.6 Å². The van der Waals surface area contributed by atoms with Crippen molar-refractivity contribution >= 4 is 17.7 Å². The van der Waals surface area contributed by atoms with Gasteiger partial charge in [0.1, 0.15) is 29.8 Å². The van der Waals surface area contributed by atoms with Crippen molar-refractivity contribution in [3.8, 4) is 5.75 Å². The van der Waals surface area contributed by atoms with Crippen LogP contribution in [0.15, 0.2) is 48.5 Å². The maximum Gasteiger partial charge on any atom is 0.259 e. The number of benzene rings is 2. The number of rotatable bonds is 4. The van der Waals surface area contributed by atoms with E-state index < -0.39 is 35.8 Å². The van der Waals surface area contributed by atoms with Gasteiger partial charge in [-0.2, -0.15) is 0 Å². The van der Waals surface area contributed by atoms with Crippen LogP contribution in [-0.2, 0) is 27.2 Å². The normalized spacial score (nSPS) is 24.5. The summed E-state index contributed by atoms with van der Waals surface area (Å²) in [5.41, 5.74) is 1.65. The molecule has 3 rings (SSSR count). The molecule has 2 aromatic carbocycles. The molecule has 0 bridgehead atoms. The predicted molar refractivity (Wildman–Crippen MR) is 156 cm³/mol. The number of nitrogens with two attached hydrogens (primary N) is 1. The lowest BCUT2D eigenvalue weighted by atomic mass is 9.97. The van der Waals surface area contributed by atoms with E-state index in [0.717, 1.165) is 22.7 Å². The molecule has 1 aliphatic heterocycles. The van der Waals surface area contributed by atoms with Gasteiger partial charge in [-0.25, -0.2) is 10.2 Å². The minimum atomic E-state index is -0.997. The Morgan fingerprint density at radius 3 is 2.44 bits per heavy atom. The molecule has 4 N–H and O–H groups in total. The fourth-order valence-electron chi connectivity index (χ4n) is 4.83.